The summed E-state index contributed by atoms with van der Waals surface area (Å²) in [7, 11) is 0. The normalized spacial score (nSPS) is 12.5. The average molecular weight is 350 g/mol. The van der Waals surface area contributed by atoms with Crippen LogP contribution in [0.25, 0.3) is 0 Å². The van der Waals surface area contributed by atoms with Gasteiger partial charge in [0.15, 0.2) is 0 Å². The predicted molar refractivity (Wildman–Crippen MR) is 75.1 cm³/mol. The Labute approximate surface area is 114 Å². The molecule has 0 aromatic heterocycles. The van der Waals surface area contributed by atoms with Crippen LogP contribution in [0.4, 0.5) is 11.4 Å². The molecule has 0 amide bonds. The number of anilines is 1. The number of non-ortho nitro benzene ring substituents is 1. The van der Waals surface area contributed by atoms with Crippen LogP contribution in [-0.4, -0.2) is 22.7 Å². The summed E-state index contributed by atoms with van der Waals surface area (Å²) in [4.78, 5) is 10.2. The SMILES string of the molecule is CC(C)C(CO)Nc1ccc([N+](=O)[O-])cc1I. The Morgan fingerprint density at radius 3 is 2.59 bits per heavy atom. The van der Waals surface area contributed by atoms with E-state index < -0.39 is 4.92 Å². The van der Waals surface area contributed by atoms with Crippen LogP contribution in [0, 0.1) is 19.6 Å². The number of nitro groups is 1. The lowest BCUT2D eigenvalue weighted by Gasteiger charge is -2.21. The molecule has 0 aliphatic heterocycles. The van der Waals surface area contributed by atoms with Gasteiger partial charge in [-0.05, 0) is 34.6 Å². The third kappa shape index (κ3) is 3.81. The first-order chi connectivity index (χ1) is 7.95. The highest BCUT2D eigenvalue weighted by atomic mass is 127. The number of nitro benzene ring substituents is 1. The summed E-state index contributed by atoms with van der Waals surface area (Å²) in [6, 6.07) is 4.59. The van der Waals surface area contributed by atoms with E-state index in [1.807, 2.05) is 36.4 Å². The Morgan fingerprint density at radius 1 is 1.53 bits per heavy atom. The summed E-state index contributed by atoms with van der Waals surface area (Å²) in [5.41, 5.74) is 0.883. The first-order valence-corrected chi connectivity index (χ1v) is 6.35. The van der Waals surface area contributed by atoms with Crippen molar-refractivity contribution >= 4 is 34.0 Å². The van der Waals surface area contributed by atoms with E-state index in [9.17, 15) is 15.2 Å². The molecule has 0 aliphatic rings. The van der Waals surface area contributed by atoms with Gasteiger partial charge in [0.25, 0.3) is 5.69 Å². The third-order valence-corrected chi connectivity index (χ3v) is 3.40. The molecular weight excluding hydrogens is 335 g/mol. The van der Waals surface area contributed by atoms with E-state index in [4.69, 9.17) is 0 Å². The number of rotatable bonds is 5. The highest BCUT2D eigenvalue weighted by Crippen LogP contribution is 2.25. The Bertz CT molecular complexity index is 410. The smallest absolute Gasteiger partial charge is 0.270 e. The largest absolute Gasteiger partial charge is 0.394 e. The van der Waals surface area contributed by atoms with Crippen LogP contribution in [0.3, 0.4) is 0 Å². The van der Waals surface area contributed by atoms with E-state index in [1.165, 1.54) is 12.1 Å². The van der Waals surface area contributed by atoms with Crippen LogP contribution in [-0.2, 0) is 0 Å². The summed E-state index contributed by atoms with van der Waals surface area (Å²) >= 11 is 2.04. The van der Waals surface area contributed by atoms with Crippen LogP contribution in [0.15, 0.2) is 18.2 Å². The lowest BCUT2D eigenvalue weighted by molar-refractivity contribution is -0.384. The van der Waals surface area contributed by atoms with Crippen molar-refractivity contribution in [1.29, 1.82) is 0 Å². The van der Waals surface area contributed by atoms with Crippen molar-refractivity contribution in [2.45, 2.75) is 19.9 Å². The Hall–Kier alpha value is -0.890. The maximum atomic E-state index is 10.6. The molecule has 2 N–H and O–H groups in total. The quantitative estimate of drug-likeness (QED) is 0.486. The lowest BCUT2D eigenvalue weighted by Crippen LogP contribution is -2.29. The molecule has 1 rings (SSSR count). The van der Waals surface area contributed by atoms with E-state index >= 15 is 0 Å². The minimum atomic E-state index is -0.419. The van der Waals surface area contributed by atoms with Gasteiger partial charge in [-0.1, -0.05) is 13.8 Å². The summed E-state index contributed by atoms with van der Waals surface area (Å²) in [5, 5.41) is 23.0. The summed E-state index contributed by atoms with van der Waals surface area (Å²) < 4.78 is 0.774. The number of hydrogen-bond acceptors (Lipinski definition) is 4. The molecule has 0 fully saturated rings. The number of hydrogen-bond donors (Lipinski definition) is 2. The maximum absolute atomic E-state index is 10.6. The van der Waals surface area contributed by atoms with Gasteiger partial charge in [-0.3, -0.25) is 10.1 Å². The van der Waals surface area contributed by atoms with Crippen molar-refractivity contribution in [2.75, 3.05) is 11.9 Å². The van der Waals surface area contributed by atoms with Crippen molar-refractivity contribution in [1.82, 2.24) is 0 Å². The molecule has 0 bridgehead atoms. The zero-order valence-electron chi connectivity index (χ0n) is 9.68. The van der Waals surface area contributed by atoms with E-state index in [1.54, 1.807) is 6.07 Å². The zero-order valence-corrected chi connectivity index (χ0v) is 11.8. The minimum absolute atomic E-state index is 0.0325. The molecular formula is C11H15IN2O3. The fourth-order valence-corrected chi connectivity index (χ4v) is 2.01. The maximum Gasteiger partial charge on any atom is 0.270 e. The average Bonchev–Trinajstić information content (AvgIpc) is 2.26. The Kier molecular flexibility index (Phi) is 5.13. The molecule has 1 aromatic rings. The van der Waals surface area contributed by atoms with Crippen LogP contribution in [0.5, 0.6) is 0 Å². The second-order valence-corrected chi connectivity index (χ2v) is 5.26. The Balaban J connectivity index is 2.89. The first-order valence-electron chi connectivity index (χ1n) is 5.27. The summed E-state index contributed by atoms with van der Waals surface area (Å²) in [6.07, 6.45) is 0. The van der Waals surface area contributed by atoms with Crippen LogP contribution < -0.4 is 5.32 Å². The van der Waals surface area contributed by atoms with Gasteiger partial charge in [0.2, 0.25) is 0 Å². The first kappa shape index (κ1) is 14.2. The minimum Gasteiger partial charge on any atom is -0.394 e. The van der Waals surface area contributed by atoms with Gasteiger partial charge in [-0.2, -0.15) is 0 Å². The van der Waals surface area contributed by atoms with Gasteiger partial charge in [0.1, 0.15) is 0 Å². The van der Waals surface area contributed by atoms with E-state index in [2.05, 4.69) is 5.32 Å². The molecule has 0 aliphatic carbocycles. The van der Waals surface area contributed by atoms with E-state index in [-0.39, 0.29) is 24.3 Å². The van der Waals surface area contributed by atoms with Gasteiger partial charge >= 0.3 is 0 Å². The van der Waals surface area contributed by atoms with E-state index in [0.717, 1.165) is 9.26 Å². The number of halogens is 1. The monoisotopic (exact) mass is 350 g/mol. The molecule has 1 aromatic carbocycles. The van der Waals surface area contributed by atoms with Crippen molar-refractivity contribution in [3.05, 3.63) is 31.9 Å². The molecule has 94 valence electrons. The molecule has 0 saturated heterocycles. The van der Waals surface area contributed by atoms with Crippen molar-refractivity contribution in [3.8, 4) is 0 Å². The summed E-state index contributed by atoms with van der Waals surface area (Å²) in [6.45, 7) is 4.04. The lowest BCUT2D eigenvalue weighted by atomic mass is 10.1. The molecule has 0 saturated carbocycles. The second kappa shape index (κ2) is 6.15. The molecule has 0 radical (unpaired) electrons. The van der Waals surface area contributed by atoms with E-state index in [0.29, 0.717) is 0 Å². The molecule has 6 heteroatoms. The second-order valence-electron chi connectivity index (χ2n) is 4.10. The third-order valence-electron chi connectivity index (χ3n) is 2.51. The molecule has 1 unspecified atom stereocenters. The predicted octanol–water partition coefficient (Wildman–Crippen LogP) is 2.63. The van der Waals surface area contributed by atoms with Gasteiger partial charge in [0, 0.05) is 21.4 Å². The zero-order chi connectivity index (χ0) is 13.0. The van der Waals surface area contributed by atoms with Crippen molar-refractivity contribution in [3.63, 3.8) is 0 Å². The molecule has 5 nitrogen and oxygen atoms in total. The highest BCUT2D eigenvalue weighted by molar-refractivity contribution is 14.1. The molecule has 0 heterocycles. The Morgan fingerprint density at radius 2 is 2.18 bits per heavy atom. The van der Waals surface area contributed by atoms with Crippen LogP contribution in [0.1, 0.15) is 13.8 Å². The fourth-order valence-electron chi connectivity index (χ4n) is 1.36. The standard InChI is InChI=1S/C11H15IN2O3/c1-7(2)11(6-15)13-10-4-3-8(14(16)17)5-9(10)12/h3-5,7,11,13,15H,6H2,1-2H3. The van der Waals surface area contributed by atoms with Crippen LogP contribution >= 0.6 is 22.6 Å². The topological polar surface area (TPSA) is 75.4 Å². The van der Waals surface area contributed by atoms with Gasteiger partial charge in [-0.15, -0.1) is 0 Å². The fraction of sp³-hybridized carbons (Fsp3) is 0.455. The summed E-state index contributed by atoms with van der Waals surface area (Å²) in [5.74, 6) is 0.283. The van der Waals surface area contributed by atoms with Crippen LogP contribution in [0.2, 0.25) is 0 Å². The highest BCUT2D eigenvalue weighted by Gasteiger charge is 2.15. The molecule has 0 spiro atoms. The number of aliphatic hydroxyl groups is 1. The van der Waals surface area contributed by atoms with Gasteiger partial charge in [-0.25, -0.2) is 0 Å². The number of benzene rings is 1. The van der Waals surface area contributed by atoms with Gasteiger partial charge in [0.05, 0.1) is 17.6 Å². The van der Waals surface area contributed by atoms with Crippen molar-refractivity contribution < 1.29 is 10.0 Å². The number of nitrogens with zero attached hydrogens (tertiary/aromatic N) is 1. The number of nitrogens with one attached hydrogen (secondary N) is 1. The number of aliphatic hydroxyl groups excluding tert-OH is 1. The van der Waals surface area contributed by atoms with Gasteiger partial charge < -0.3 is 10.4 Å². The molecule has 1 atom stereocenters. The van der Waals surface area contributed by atoms with Crippen molar-refractivity contribution in [2.24, 2.45) is 5.92 Å². The molecule has 17 heavy (non-hydrogen) atoms.